The second-order valence-electron chi connectivity index (χ2n) is 8.55. The van der Waals surface area contributed by atoms with Crippen LogP contribution in [0.3, 0.4) is 0 Å². The zero-order valence-corrected chi connectivity index (χ0v) is 19.0. The summed E-state index contributed by atoms with van der Waals surface area (Å²) in [4.78, 5) is 25.8. The van der Waals surface area contributed by atoms with Gasteiger partial charge in [0.05, 0.1) is 27.8 Å². The van der Waals surface area contributed by atoms with E-state index in [1.54, 1.807) is 4.57 Å². The molecule has 1 saturated carbocycles. The fourth-order valence-corrected chi connectivity index (χ4v) is 5.50. The maximum Gasteiger partial charge on any atom is 0.511 e. The number of ether oxygens (including phenoxy) is 1. The van der Waals surface area contributed by atoms with Crippen LogP contribution in [-0.4, -0.2) is 42.0 Å². The smallest absolute Gasteiger partial charge is 0.449 e. The minimum Gasteiger partial charge on any atom is -0.449 e. The molecular weight excluding hydrogens is 460 g/mol. The number of allylic oxidation sites excluding steroid dienone is 1. The number of likely N-dealkylation sites (N-methyl/N-ethyl adjacent to an activating group) is 1. The first-order chi connectivity index (χ1) is 14.9. The molecule has 1 aliphatic heterocycles. The molecule has 3 unspecified atom stereocenters. The highest BCUT2D eigenvalue weighted by Crippen LogP contribution is 2.45. The zero-order chi connectivity index (χ0) is 21.9. The van der Waals surface area contributed by atoms with Crippen LogP contribution in [0.1, 0.15) is 25.3 Å². The van der Waals surface area contributed by atoms with Crippen molar-refractivity contribution >= 4 is 46.8 Å². The number of rotatable bonds is 4. The number of fused-ring (bicyclic) bond motifs is 2. The van der Waals surface area contributed by atoms with Crippen molar-refractivity contribution in [3.8, 4) is 5.75 Å². The van der Waals surface area contributed by atoms with Gasteiger partial charge < -0.3 is 24.6 Å². The van der Waals surface area contributed by atoms with Crippen LogP contribution in [-0.2, 0) is 0 Å². The second kappa shape index (κ2) is 8.57. The molecule has 1 saturated heterocycles. The number of anilines is 1. The Kier molecular flexibility index (Phi) is 6.13. The first-order valence-corrected chi connectivity index (χ1v) is 10.8. The van der Waals surface area contributed by atoms with Gasteiger partial charge in [-0.1, -0.05) is 23.8 Å². The van der Waals surface area contributed by atoms with Crippen LogP contribution in [0.2, 0.25) is 5.02 Å². The number of nitrogens with one attached hydrogen (secondary N) is 1. The molecule has 2 fully saturated rings. The normalized spacial score (nSPS) is 24.3. The third-order valence-corrected chi connectivity index (χ3v) is 7.03. The first-order valence-electron chi connectivity index (χ1n) is 10.5. The summed E-state index contributed by atoms with van der Waals surface area (Å²) in [6, 6.07) is 1.47. The van der Waals surface area contributed by atoms with Crippen LogP contribution in [0.15, 0.2) is 29.2 Å². The Morgan fingerprint density at radius 1 is 1.34 bits per heavy atom. The third kappa shape index (κ3) is 3.74. The van der Waals surface area contributed by atoms with E-state index in [4.69, 9.17) is 16.7 Å². The fraction of sp³-hybridized carbons (Fsp3) is 0.455. The standard InChI is InChI=1S/C22H23ClFN3O4.ClH/c1-25-16-4-2-3-11-8-26(9-14(11)16)20-15(24)7-13-19(18(20)23)27(12-5-6-12)10-17(21(13)28)31-22(29)30;/h2,4,7,10-12,14,16,25H,3,5-6,8-9H2,1H3,(H,29,30);1H. The average Bonchev–Trinajstić information content (AvgIpc) is 3.48. The first kappa shape index (κ1) is 22.9. The van der Waals surface area contributed by atoms with Crippen molar-refractivity contribution in [3.63, 3.8) is 0 Å². The van der Waals surface area contributed by atoms with E-state index in [1.165, 1.54) is 12.3 Å². The summed E-state index contributed by atoms with van der Waals surface area (Å²) in [5.41, 5.74) is 0.0526. The van der Waals surface area contributed by atoms with Gasteiger partial charge in [-0.25, -0.2) is 9.18 Å². The second-order valence-corrected chi connectivity index (χ2v) is 8.93. The fourth-order valence-electron chi connectivity index (χ4n) is 5.09. The topological polar surface area (TPSA) is 83.8 Å². The molecule has 0 amide bonds. The van der Waals surface area contributed by atoms with Gasteiger partial charge in [0.15, 0.2) is 5.75 Å². The van der Waals surface area contributed by atoms with Crippen molar-refractivity contribution in [1.82, 2.24) is 9.88 Å². The maximum atomic E-state index is 15.3. The molecule has 3 aliphatic rings. The quantitative estimate of drug-likeness (QED) is 0.500. The average molecular weight is 484 g/mol. The monoisotopic (exact) mass is 483 g/mol. The van der Waals surface area contributed by atoms with Crippen molar-refractivity contribution in [2.24, 2.45) is 11.8 Å². The predicted octanol–water partition coefficient (Wildman–Crippen LogP) is 4.21. The molecule has 3 atom stereocenters. The van der Waals surface area contributed by atoms with E-state index in [1.807, 2.05) is 11.9 Å². The molecule has 2 aliphatic carbocycles. The lowest BCUT2D eigenvalue weighted by Crippen LogP contribution is -2.38. The van der Waals surface area contributed by atoms with Gasteiger partial charge in [-0.3, -0.25) is 4.79 Å². The van der Waals surface area contributed by atoms with Crippen LogP contribution in [0.5, 0.6) is 5.75 Å². The highest BCUT2D eigenvalue weighted by Gasteiger charge is 2.40. The van der Waals surface area contributed by atoms with Gasteiger partial charge in [0.25, 0.3) is 0 Å². The highest BCUT2D eigenvalue weighted by atomic mass is 35.5. The van der Waals surface area contributed by atoms with Gasteiger partial charge in [0, 0.05) is 31.1 Å². The third-order valence-electron chi connectivity index (χ3n) is 6.67. The Balaban J connectivity index is 0.00000245. The number of aromatic nitrogens is 1. The number of carbonyl (C=O) groups is 1. The molecule has 32 heavy (non-hydrogen) atoms. The molecule has 1 aromatic carbocycles. The van der Waals surface area contributed by atoms with Crippen molar-refractivity contribution in [3.05, 3.63) is 45.5 Å². The lowest BCUT2D eigenvalue weighted by Gasteiger charge is -2.28. The Hall–Kier alpha value is -2.29. The maximum absolute atomic E-state index is 15.3. The Labute approximate surface area is 195 Å². The number of hydrogen-bond donors (Lipinski definition) is 2. The van der Waals surface area contributed by atoms with E-state index in [0.717, 1.165) is 19.3 Å². The zero-order valence-electron chi connectivity index (χ0n) is 17.4. The minimum absolute atomic E-state index is 0. The molecule has 2 N–H and O–H groups in total. The van der Waals surface area contributed by atoms with Crippen LogP contribution >= 0.6 is 24.0 Å². The lowest BCUT2D eigenvalue weighted by atomic mass is 9.82. The summed E-state index contributed by atoms with van der Waals surface area (Å²) in [7, 11) is 1.93. The summed E-state index contributed by atoms with van der Waals surface area (Å²) in [6.07, 6.45) is 6.81. The Morgan fingerprint density at radius 3 is 2.75 bits per heavy atom. The van der Waals surface area contributed by atoms with Gasteiger partial charge >= 0.3 is 6.16 Å². The summed E-state index contributed by atoms with van der Waals surface area (Å²) < 4.78 is 21.8. The number of hydrogen-bond acceptors (Lipinski definition) is 5. The van der Waals surface area contributed by atoms with Gasteiger partial charge in [-0.05, 0) is 38.3 Å². The number of carboxylic acid groups (broad SMARTS) is 1. The largest absolute Gasteiger partial charge is 0.511 e. The summed E-state index contributed by atoms with van der Waals surface area (Å²) in [6.45, 7) is 1.35. The molecule has 1 aromatic heterocycles. The van der Waals surface area contributed by atoms with E-state index in [9.17, 15) is 9.59 Å². The molecule has 0 radical (unpaired) electrons. The van der Waals surface area contributed by atoms with Crippen molar-refractivity contribution in [1.29, 1.82) is 0 Å². The van der Waals surface area contributed by atoms with Gasteiger partial charge in [0.2, 0.25) is 5.43 Å². The molecule has 0 bridgehead atoms. The Morgan fingerprint density at radius 2 is 2.09 bits per heavy atom. The molecule has 2 heterocycles. The molecule has 172 valence electrons. The van der Waals surface area contributed by atoms with E-state index in [0.29, 0.717) is 36.1 Å². The van der Waals surface area contributed by atoms with Gasteiger partial charge in [-0.2, -0.15) is 0 Å². The van der Waals surface area contributed by atoms with E-state index in [2.05, 4.69) is 22.2 Å². The van der Waals surface area contributed by atoms with Crippen LogP contribution in [0.4, 0.5) is 14.9 Å². The molecular formula is C22H24Cl2FN3O4. The minimum atomic E-state index is -1.59. The van der Waals surface area contributed by atoms with E-state index >= 15 is 4.39 Å². The predicted molar refractivity (Wildman–Crippen MR) is 123 cm³/mol. The van der Waals surface area contributed by atoms with E-state index in [-0.39, 0.29) is 40.6 Å². The lowest BCUT2D eigenvalue weighted by molar-refractivity contribution is 0.143. The number of benzene rings is 1. The molecule has 0 spiro atoms. The summed E-state index contributed by atoms with van der Waals surface area (Å²) >= 11 is 6.77. The number of halogens is 3. The van der Waals surface area contributed by atoms with Gasteiger partial charge in [0.1, 0.15) is 5.82 Å². The van der Waals surface area contributed by atoms with E-state index < -0.39 is 17.4 Å². The van der Waals surface area contributed by atoms with Gasteiger partial charge in [-0.15, -0.1) is 12.4 Å². The molecule has 5 rings (SSSR count). The van der Waals surface area contributed by atoms with Crippen molar-refractivity contribution < 1.29 is 19.0 Å². The summed E-state index contributed by atoms with van der Waals surface area (Å²) in [5, 5.41) is 12.5. The van der Waals surface area contributed by atoms with Crippen molar-refractivity contribution in [2.45, 2.75) is 31.3 Å². The SMILES string of the molecule is CNC1C=CCC2CN(c3c(F)cc4c(=O)c(OC(=O)O)cn(C5CC5)c4c3Cl)CC21.Cl. The molecule has 2 aromatic rings. The molecule has 10 heteroatoms. The number of pyridine rings is 1. The highest BCUT2D eigenvalue weighted by molar-refractivity contribution is 6.38. The van der Waals surface area contributed by atoms with Crippen LogP contribution < -0.4 is 20.4 Å². The van der Waals surface area contributed by atoms with Crippen LogP contribution in [0.25, 0.3) is 10.9 Å². The number of nitrogens with zero attached hydrogens (tertiary/aromatic N) is 2. The molecule has 7 nitrogen and oxygen atoms in total. The summed E-state index contributed by atoms with van der Waals surface area (Å²) in [5.74, 6) is -0.189. The van der Waals surface area contributed by atoms with Crippen molar-refractivity contribution in [2.75, 3.05) is 25.0 Å². The Bertz CT molecular complexity index is 1160. The van der Waals surface area contributed by atoms with Crippen LogP contribution in [0, 0.1) is 17.7 Å².